The average molecular weight is 365 g/mol. The molecule has 3 rings (SSSR count). The SMILES string of the molecule is CN(C)c1ccc(C#C[C]2=Cc3nccc[c]3[Sn]2)cc1. The van der Waals surface area contributed by atoms with Gasteiger partial charge in [0.15, 0.2) is 0 Å². The zero-order valence-corrected chi connectivity index (χ0v) is 14.4. The summed E-state index contributed by atoms with van der Waals surface area (Å²) in [6, 6.07) is 12.6. The number of anilines is 1. The first-order chi connectivity index (χ1) is 9.72. The molecule has 0 bridgehead atoms. The molecule has 0 saturated heterocycles. The van der Waals surface area contributed by atoms with Gasteiger partial charge in [0.1, 0.15) is 0 Å². The number of rotatable bonds is 1. The Morgan fingerprint density at radius 3 is 2.55 bits per heavy atom. The van der Waals surface area contributed by atoms with Gasteiger partial charge in [-0.2, -0.15) is 0 Å². The molecule has 0 atom stereocenters. The summed E-state index contributed by atoms with van der Waals surface area (Å²) in [5.74, 6) is 6.59. The number of pyridine rings is 1. The summed E-state index contributed by atoms with van der Waals surface area (Å²) >= 11 is -0.707. The van der Waals surface area contributed by atoms with Gasteiger partial charge in [-0.3, -0.25) is 0 Å². The first-order valence-corrected chi connectivity index (χ1v) is 9.31. The van der Waals surface area contributed by atoms with Crippen LogP contribution in [-0.4, -0.2) is 40.2 Å². The molecule has 2 nitrogen and oxygen atoms in total. The van der Waals surface area contributed by atoms with Crippen molar-refractivity contribution >= 4 is 36.5 Å². The molecule has 2 radical (unpaired) electrons. The van der Waals surface area contributed by atoms with Crippen molar-refractivity contribution in [3.8, 4) is 11.8 Å². The van der Waals surface area contributed by atoms with Crippen molar-refractivity contribution in [3.05, 3.63) is 57.4 Å². The number of benzene rings is 1. The molecule has 0 amide bonds. The topological polar surface area (TPSA) is 16.1 Å². The van der Waals surface area contributed by atoms with E-state index in [1.165, 1.54) is 12.9 Å². The van der Waals surface area contributed by atoms with E-state index in [1.807, 2.05) is 26.4 Å². The Kier molecular flexibility index (Phi) is 3.79. The molecule has 0 unspecified atom stereocenters. The first-order valence-electron chi connectivity index (χ1n) is 6.45. The molecule has 20 heavy (non-hydrogen) atoms. The van der Waals surface area contributed by atoms with Gasteiger partial charge in [0.25, 0.3) is 0 Å². The van der Waals surface area contributed by atoms with Crippen LogP contribution >= 0.6 is 0 Å². The molecule has 2 heterocycles. The summed E-state index contributed by atoms with van der Waals surface area (Å²) in [6.45, 7) is 0. The third-order valence-corrected chi connectivity index (χ3v) is 6.63. The van der Waals surface area contributed by atoms with Crippen LogP contribution in [0.2, 0.25) is 0 Å². The van der Waals surface area contributed by atoms with E-state index in [0.29, 0.717) is 0 Å². The predicted molar refractivity (Wildman–Crippen MR) is 85.2 cm³/mol. The summed E-state index contributed by atoms with van der Waals surface area (Å²) < 4.78 is 2.74. The van der Waals surface area contributed by atoms with Crippen molar-refractivity contribution < 1.29 is 0 Å². The van der Waals surface area contributed by atoms with Gasteiger partial charge in [0.2, 0.25) is 0 Å². The Bertz CT molecular complexity index is 719. The molecule has 96 valence electrons. The van der Waals surface area contributed by atoms with Crippen molar-refractivity contribution in [1.82, 2.24) is 4.98 Å². The number of aromatic nitrogens is 1. The van der Waals surface area contributed by atoms with Crippen molar-refractivity contribution in [2.75, 3.05) is 19.0 Å². The van der Waals surface area contributed by atoms with Crippen molar-refractivity contribution in [3.63, 3.8) is 0 Å². The number of hydrogen-bond acceptors (Lipinski definition) is 2. The van der Waals surface area contributed by atoms with Gasteiger partial charge in [0.05, 0.1) is 0 Å². The van der Waals surface area contributed by atoms with E-state index in [0.717, 1.165) is 11.3 Å². The number of hydrogen-bond donors (Lipinski definition) is 0. The molecule has 0 aliphatic carbocycles. The number of nitrogens with zero attached hydrogens (tertiary/aromatic N) is 2. The zero-order valence-electron chi connectivity index (χ0n) is 11.5. The minimum absolute atomic E-state index is 0.707. The Labute approximate surface area is 129 Å². The fraction of sp³-hybridized carbons (Fsp3) is 0.118. The standard InChI is InChI=1S/C17H14N2.Sn/c1-19(2)17-12-10-15(11-13-17)7-3-4-8-16-9-5-6-14-18-16;/h5-6,8,10-14H,1-2H3;. The Morgan fingerprint density at radius 2 is 1.85 bits per heavy atom. The summed E-state index contributed by atoms with van der Waals surface area (Å²) in [5.41, 5.74) is 3.40. The zero-order chi connectivity index (χ0) is 13.9. The first kappa shape index (κ1) is 13.3. The fourth-order valence-corrected chi connectivity index (χ4v) is 5.06. The second-order valence-corrected chi connectivity index (χ2v) is 8.60. The maximum absolute atomic E-state index is 4.39. The summed E-state index contributed by atoms with van der Waals surface area (Å²) in [4.78, 5) is 6.48. The van der Waals surface area contributed by atoms with Crippen molar-refractivity contribution in [1.29, 1.82) is 0 Å². The molecule has 0 fully saturated rings. The molecule has 1 aliphatic heterocycles. The van der Waals surface area contributed by atoms with E-state index in [-0.39, 0.29) is 0 Å². The third kappa shape index (κ3) is 2.88. The second-order valence-electron chi connectivity index (χ2n) is 4.81. The monoisotopic (exact) mass is 366 g/mol. The van der Waals surface area contributed by atoms with Crippen LogP contribution in [0.1, 0.15) is 11.3 Å². The third-order valence-electron chi connectivity index (χ3n) is 3.11. The van der Waals surface area contributed by atoms with E-state index in [9.17, 15) is 0 Å². The molecular weight excluding hydrogens is 351 g/mol. The van der Waals surface area contributed by atoms with Crippen LogP contribution in [0, 0.1) is 11.8 Å². The van der Waals surface area contributed by atoms with Crippen LogP contribution in [-0.2, 0) is 0 Å². The quantitative estimate of drug-likeness (QED) is 0.567. The van der Waals surface area contributed by atoms with Gasteiger partial charge >= 0.3 is 130 Å². The van der Waals surface area contributed by atoms with Crippen LogP contribution in [0.3, 0.4) is 0 Å². The molecule has 1 aromatic heterocycles. The van der Waals surface area contributed by atoms with E-state index in [2.05, 4.69) is 58.1 Å². The van der Waals surface area contributed by atoms with E-state index in [1.54, 1.807) is 0 Å². The van der Waals surface area contributed by atoms with Crippen LogP contribution in [0.15, 0.2) is 46.2 Å². The number of allylic oxidation sites excluding steroid dienone is 1. The molecule has 2 aromatic rings. The van der Waals surface area contributed by atoms with Crippen LogP contribution in [0.4, 0.5) is 5.69 Å². The molecule has 1 aromatic carbocycles. The van der Waals surface area contributed by atoms with Gasteiger partial charge in [0, 0.05) is 0 Å². The molecule has 1 aliphatic rings. The van der Waals surface area contributed by atoms with E-state index < -0.39 is 21.1 Å². The van der Waals surface area contributed by atoms with E-state index >= 15 is 0 Å². The fourth-order valence-electron chi connectivity index (χ4n) is 2.01. The summed E-state index contributed by atoms with van der Waals surface area (Å²) in [6.07, 6.45) is 4.01. The van der Waals surface area contributed by atoms with Crippen LogP contribution in [0.5, 0.6) is 0 Å². The molecule has 0 spiro atoms. The predicted octanol–water partition coefficient (Wildman–Crippen LogP) is 1.88. The Balaban J connectivity index is 1.77. The van der Waals surface area contributed by atoms with Gasteiger partial charge in [-0.25, -0.2) is 0 Å². The van der Waals surface area contributed by atoms with Crippen molar-refractivity contribution in [2.45, 2.75) is 0 Å². The second kappa shape index (κ2) is 5.72. The van der Waals surface area contributed by atoms with Crippen LogP contribution < -0.4 is 8.48 Å². The van der Waals surface area contributed by atoms with E-state index in [4.69, 9.17) is 0 Å². The van der Waals surface area contributed by atoms with Crippen molar-refractivity contribution in [2.24, 2.45) is 0 Å². The Morgan fingerprint density at radius 1 is 1.05 bits per heavy atom. The molecule has 0 saturated carbocycles. The molecule has 3 heteroatoms. The maximum atomic E-state index is 4.39. The summed E-state index contributed by atoms with van der Waals surface area (Å²) in [7, 11) is 4.09. The van der Waals surface area contributed by atoms with Crippen LogP contribution in [0.25, 0.3) is 6.08 Å². The molecular formula is C17H14N2Sn. The molecule has 0 N–H and O–H groups in total. The normalized spacial score (nSPS) is 12.2. The van der Waals surface area contributed by atoms with Gasteiger partial charge in [-0.1, -0.05) is 0 Å². The Hall–Kier alpha value is -1.73. The minimum atomic E-state index is -0.707. The number of fused-ring (bicyclic) bond motifs is 1. The van der Waals surface area contributed by atoms with Gasteiger partial charge in [-0.15, -0.1) is 0 Å². The van der Waals surface area contributed by atoms with Gasteiger partial charge in [-0.05, 0) is 0 Å². The average Bonchev–Trinajstić information content (AvgIpc) is 2.88. The summed E-state index contributed by atoms with van der Waals surface area (Å²) in [5, 5.41) is 0. The van der Waals surface area contributed by atoms with Gasteiger partial charge < -0.3 is 0 Å².